The van der Waals surface area contributed by atoms with Gasteiger partial charge in [0.2, 0.25) is 6.29 Å². The fourth-order valence-corrected chi connectivity index (χ4v) is 2.84. The van der Waals surface area contributed by atoms with Gasteiger partial charge in [-0.1, -0.05) is 23.8 Å². The zero-order valence-electron chi connectivity index (χ0n) is 11.0. The van der Waals surface area contributed by atoms with Crippen LogP contribution in [0.2, 0.25) is 0 Å². The van der Waals surface area contributed by atoms with Crippen molar-refractivity contribution in [2.45, 2.75) is 39.4 Å². The van der Waals surface area contributed by atoms with Crippen molar-refractivity contribution in [3.63, 3.8) is 0 Å². The van der Waals surface area contributed by atoms with E-state index in [4.69, 9.17) is 4.74 Å². The summed E-state index contributed by atoms with van der Waals surface area (Å²) in [5.41, 5.74) is 3.12. The molecule has 1 N–H and O–H groups in total. The highest BCUT2D eigenvalue weighted by molar-refractivity contribution is 5.90. The molecule has 2 aliphatic rings. The van der Waals surface area contributed by atoms with Gasteiger partial charge in [-0.3, -0.25) is 0 Å². The number of aliphatic hydroxyl groups is 1. The number of aliphatic hydroxyl groups excluding tert-OH is 1. The lowest BCUT2D eigenvalue weighted by Gasteiger charge is -2.30. The molecule has 0 saturated heterocycles. The molecule has 0 saturated carbocycles. The van der Waals surface area contributed by atoms with E-state index in [0.29, 0.717) is 23.8 Å². The lowest BCUT2D eigenvalue weighted by atomic mass is 9.75. The molecule has 3 atom stereocenters. The van der Waals surface area contributed by atoms with E-state index in [0.717, 1.165) is 18.4 Å². The van der Waals surface area contributed by atoms with Crippen molar-refractivity contribution < 1.29 is 14.6 Å². The Morgan fingerprint density at radius 1 is 1.56 bits per heavy atom. The molecule has 1 heterocycles. The molecule has 18 heavy (non-hydrogen) atoms. The lowest BCUT2D eigenvalue weighted by molar-refractivity contribution is -0.151. The zero-order valence-corrected chi connectivity index (χ0v) is 11.0. The van der Waals surface area contributed by atoms with Gasteiger partial charge in [0.1, 0.15) is 0 Å². The Morgan fingerprint density at radius 3 is 2.83 bits per heavy atom. The van der Waals surface area contributed by atoms with Gasteiger partial charge in [-0.15, -0.1) is 0 Å². The maximum atomic E-state index is 11.5. The monoisotopic (exact) mass is 248 g/mol. The average molecular weight is 248 g/mol. The van der Waals surface area contributed by atoms with Crippen LogP contribution in [0.15, 0.2) is 35.5 Å². The third-order valence-corrected chi connectivity index (χ3v) is 3.79. The quantitative estimate of drug-likeness (QED) is 0.617. The minimum atomic E-state index is -1.07. The van der Waals surface area contributed by atoms with E-state index in [1.165, 1.54) is 11.6 Å². The Balaban J connectivity index is 2.14. The second kappa shape index (κ2) is 5.11. The number of rotatable bonds is 3. The Hall–Kier alpha value is -1.35. The van der Waals surface area contributed by atoms with Crippen molar-refractivity contribution in [2.24, 2.45) is 11.8 Å². The number of carbonyl (C=O) groups excluding carboxylic acids is 1. The minimum Gasteiger partial charge on any atom is -0.429 e. The van der Waals surface area contributed by atoms with Crippen LogP contribution in [-0.4, -0.2) is 17.4 Å². The standard InChI is InChI=1S/C15H20O3/c1-9(2)13-5-4-10(3)6-11(13)7-12-8-14(16)18-15(12)17/h6,8,11,13-14,16H,1,4-5,7H2,2-3H3/t11-,13+,14+/m1/s1. The molecule has 3 heteroatoms. The molecule has 3 nitrogen and oxygen atoms in total. The summed E-state index contributed by atoms with van der Waals surface area (Å²) in [5.74, 6) is 0.320. The molecule has 0 unspecified atom stereocenters. The fourth-order valence-electron chi connectivity index (χ4n) is 2.84. The predicted octanol–water partition coefficient (Wildman–Crippen LogP) is 2.73. The molecule has 1 aliphatic heterocycles. The van der Waals surface area contributed by atoms with Crippen molar-refractivity contribution >= 4 is 5.97 Å². The topological polar surface area (TPSA) is 46.5 Å². The van der Waals surface area contributed by atoms with Gasteiger partial charge in [-0.25, -0.2) is 4.79 Å². The summed E-state index contributed by atoms with van der Waals surface area (Å²) in [6.45, 7) is 8.22. The molecule has 0 radical (unpaired) electrons. The molecule has 0 fully saturated rings. The third kappa shape index (κ3) is 2.72. The molecule has 98 valence electrons. The summed E-state index contributed by atoms with van der Waals surface area (Å²) in [6.07, 6.45) is 5.50. The smallest absolute Gasteiger partial charge is 0.336 e. The Bertz CT molecular complexity index is 431. The van der Waals surface area contributed by atoms with Crippen LogP contribution < -0.4 is 0 Å². The number of hydrogen-bond donors (Lipinski definition) is 1. The first kappa shape index (κ1) is 13.1. The van der Waals surface area contributed by atoms with Crippen LogP contribution in [0.25, 0.3) is 0 Å². The number of cyclic esters (lactones) is 1. The van der Waals surface area contributed by atoms with Gasteiger partial charge in [0.25, 0.3) is 0 Å². The molecule has 0 spiro atoms. The molecule has 0 bridgehead atoms. The maximum absolute atomic E-state index is 11.5. The van der Waals surface area contributed by atoms with Gasteiger partial charge in [0.15, 0.2) is 0 Å². The first-order valence-corrected chi connectivity index (χ1v) is 6.40. The molecule has 0 aromatic rings. The fraction of sp³-hybridized carbons (Fsp3) is 0.533. The Labute approximate surface area is 108 Å². The largest absolute Gasteiger partial charge is 0.429 e. The molecule has 0 aromatic carbocycles. The normalized spacial score (nSPS) is 31.7. The summed E-state index contributed by atoms with van der Waals surface area (Å²) in [7, 11) is 0. The van der Waals surface area contributed by atoms with Gasteiger partial charge < -0.3 is 9.84 Å². The van der Waals surface area contributed by atoms with Crippen molar-refractivity contribution in [1.82, 2.24) is 0 Å². The van der Waals surface area contributed by atoms with Crippen molar-refractivity contribution in [2.75, 3.05) is 0 Å². The average Bonchev–Trinajstić information content (AvgIpc) is 2.57. The Kier molecular flexibility index (Phi) is 3.71. The second-order valence-electron chi connectivity index (χ2n) is 5.36. The van der Waals surface area contributed by atoms with Crippen LogP contribution in [0.3, 0.4) is 0 Å². The summed E-state index contributed by atoms with van der Waals surface area (Å²) < 4.78 is 4.72. The molecule has 1 aliphatic carbocycles. The lowest BCUT2D eigenvalue weighted by Crippen LogP contribution is -2.20. The van der Waals surface area contributed by atoms with Crippen molar-refractivity contribution in [3.8, 4) is 0 Å². The van der Waals surface area contributed by atoms with Crippen LogP contribution in [0.4, 0.5) is 0 Å². The summed E-state index contributed by atoms with van der Waals surface area (Å²) in [5, 5.41) is 9.27. The van der Waals surface area contributed by atoms with Crippen LogP contribution in [0, 0.1) is 11.8 Å². The van der Waals surface area contributed by atoms with E-state index in [1.54, 1.807) is 0 Å². The van der Waals surface area contributed by atoms with Crippen molar-refractivity contribution in [1.29, 1.82) is 0 Å². The van der Waals surface area contributed by atoms with Crippen molar-refractivity contribution in [3.05, 3.63) is 35.5 Å². The highest BCUT2D eigenvalue weighted by Gasteiger charge is 2.30. The Morgan fingerprint density at radius 2 is 2.28 bits per heavy atom. The minimum absolute atomic E-state index is 0.292. The first-order valence-electron chi connectivity index (χ1n) is 6.40. The maximum Gasteiger partial charge on any atom is 0.336 e. The summed E-state index contributed by atoms with van der Waals surface area (Å²) in [6, 6.07) is 0. The molecular formula is C15H20O3. The second-order valence-corrected chi connectivity index (χ2v) is 5.36. The number of hydrogen-bond acceptors (Lipinski definition) is 3. The SMILES string of the molecule is C=C(C)[C@@H]1CCC(C)=C[C@@H]1CC1=C[C@@H](O)OC1=O. The number of ether oxygens (including phenoxy) is 1. The van der Waals surface area contributed by atoms with Crippen LogP contribution >= 0.6 is 0 Å². The van der Waals surface area contributed by atoms with Gasteiger partial charge in [-0.05, 0) is 51.0 Å². The molecular weight excluding hydrogens is 228 g/mol. The summed E-state index contributed by atoms with van der Waals surface area (Å²) in [4.78, 5) is 11.5. The third-order valence-electron chi connectivity index (χ3n) is 3.79. The highest BCUT2D eigenvalue weighted by Crippen LogP contribution is 2.37. The molecule has 0 amide bonds. The summed E-state index contributed by atoms with van der Waals surface area (Å²) >= 11 is 0. The van der Waals surface area contributed by atoms with E-state index in [9.17, 15) is 9.90 Å². The van der Waals surface area contributed by atoms with E-state index in [2.05, 4.69) is 19.6 Å². The van der Waals surface area contributed by atoms with E-state index in [-0.39, 0.29) is 5.97 Å². The highest BCUT2D eigenvalue weighted by atomic mass is 16.6. The van der Waals surface area contributed by atoms with E-state index >= 15 is 0 Å². The van der Waals surface area contributed by atoms with E-state index in [1.807, 2.05) is 6.92 Å². The first-order chi connectivity index (χ1) is 8.47. The molecule has 0 aromatic heterocycles. The van der Waals surface area contributed by atoms with Crippen LogP contribution in [0.1, 0.15) is 33.1 Å². The van der Waals surface area contributed by atoms with Gasteiger partial charge in [-0.2, -0.15) is 0 Å². The number of carbonyl (C=O) groups is 1. The number of esters is 1. The van der Waals surface area contributed by atoms with Gasteiger partial charge in [0, 0.05) is 5.57 Å². The predicted molar refractivity (Wildman–Crippen MR) is 69.6 cm³/mol. The van der Waals surface area contributed by atoms with Crippen LogP contribution in [0.5, 0.6) is 0 Å². The van der Waals surface area contributed by atoms with Crippen LogP contribution in [-0.2, 0) is 9.53 Å². The van der Waals surface area contributed by atoms with Gasteiger partial charge in [0.05, 0.1) is 0 Å². The molecule has 2 rings (SSSR count). The number of allylic oxidation sites excluding steroid dienone is 3. The van der Waals surface area contributed by atoms with Gasteiger partial charge >= 0.3 is 5.97 Å². The van der Waals surface area contributed by atoms with E-state index < -0.39 is 6.29 Å². The zero-order chi connectivity index (χ0) is 13.3.